The van der Waals surface area contributed by atoms with Gasteiger partial charge in [0.05, 0.1) is 6.04 Å². The number of carbonyl (C=O) groups is 2. The maximum atomic E-state index is 12.2. The van der Waals surface area contributed by atoms with Gasteiger partial charge in [0.15, 0.2) is 0 Å². The van der Waals surface area contributed by atoms with Crippen LogP contribution in [0.5, 0.6) is 0 Å². The first kappa shape index (κ1) is 17.0. The molecule has 1 fully saturated rings. The molecule has 0 aromatic heterocycles. The highest BCUT2D eigenvalue weighted by Crippen LogP contribution is 2.19. The van der Waals surface area contributed by atoms with E-state index in [0.29, 0.717) is 13.1 Å². The Balaban J connectivity index is 2.42. The second kappa shape index (κ2) is 8.25. The third kappa shape index (κ3) is 4.47. The van der Waals surface area contributed by atoms with E-state index in [4.69, 9.17) is 5.73 Å². The minimum Gasteiger partial charge on any atom is -0.356 e. The number of hydrogen-bond acceptors (Lipinski definition) is 3. The maximum Gasteiger partial charge on any atom is 0.239 e. The fourth-order valence-corrected chi connectivity index (χ4v) is 2.46. The van der Waals surface area contributed by atoms with Crippen molar-refractivity contribution in [2.24, 2.45) is 17.6 Å². The zero-order chi connectivity index (χ0) is 15.1. The number of piperidine rings is 1. The zero-order valence-electron chi connectivity index (χ0n) is 13.0. The highest BCUT2D eigenvalue weighted by atomic mass is 16.2. The molecule has 116 valence electrons. The van der Waals surface area contributed by atoms with Crippen LogP contribution in [0.1, 0.15) is 46.5 Å². The SMILES string of the molecule is CCCNC(=O)C1CCN(C(=O)C(N)C(C)CC)CC1. The Morgan fingerprint density at radius 1 is 1.30 bits per heavy atom. The van der Waals surface area contributed by atoms with E-state index in [1.165, 1.54) is 0 Å². The number of nitrogens with zero attached hydrogens (tertiary/aromatic N) is 1. The Morgan fingerprint density at radius 3 is 2.40 bits per heavy atom. The predicted octanol–water partition coefficient (Wildman–Crippen LogP) is 1.12. The first-order valence-corrected chi connectivity index (χ1v) is 7.83. The number of hydrogen-bond donors (Lipinski definition) is 2. The van der Waals surface area contributed by atoms with Gasteiger partial charge in [0, 0.05) is 25.6 Å². The molecule has 2 unspecified atom stereocenters. The lowest BCUT2D eigenvalue weighted by Gasteiger charge is -2.34. The molecule has 1 aliphatic heterocycles. The molecule has 5 heteroatoms. The van der Waals surface area contributed by atoms with E-state index in [1.807, 2.05) is 25.7 Å². The normalized spacial score (nSPS) is 19.5. The van der Waals surface area contributed by atoms with Crippen LogP contribution in [0.25, 0.3) is 0 Å². The number of rotatable bonds is 6. The summed E-state index contributed by atoms with van der Waals surface area (Å²) in [6, 6.07) is -0.412. The molecule has 0 aromatic rings. The van der Waals surface area contributed by atoms with E-state index < -0.39 is 6.04 Å². The van der Waals surface area contributed by atoms with Gasteiger partial charge < -0.3 is 16.0 Å². The summed E-state index contributed by atoms with van der Waals surface area (Å²) < 4.78 is 0. The van der Waals surface area contributed by atoms with Crippen molar-refractivity contribution in [1.29, 1.82) is 0 Å². The second-order valence-electron chi connectivity index (χ2n) is 5.80. The Kier molecular flexibility index (Phi) is 6.99. The van der Waals surface area contributed by atoms with Crippen molar-refractivity contribution in [2.45, 2.75) is 52.5 Å². The van der Waals surface area contributed by atoms with Crippen molar-refractivity contribution in [3.05, 3.63) is 0 Å². The van der Waals surface area contributed by atoms with Crippen LogP contribution in [0.4, 0.5) is 0 Å². The molecule has 2 amide bonds. The maximum absolute atomic E-state index is 12.2. The minimum absolute atomic E-state index is 0.0340. The summed E-state index contributed by atoms with van der Waals surface area (Å²) in [5, 5.41) is 2.93. The molecule has 2 atom stereocenters. The third-order valence-electron chi connectivity index (χ3n) is 4.27. The van der Waals surface area contributed by atoms with Crippen LogP contribution < -0.4 is 11.1 Å². The Hall–Kier alpha value is -1.10. The molecule has 5 nitrogen and oxygen atoms in total. The summed E-state index contributed by atoms with van der Waals surface area (Å²) in [6.07, 6.45) is 3.35. The lowest BCUT2D eigenvalue weighted by molar-refractivity contribution is -0.137. The van der Waals surface area contributed by atoms with E-state index in [2.05, 4.69) is 5.32 Å². The van der Waals surface area contributed by atoms with Crippen LogP contribution in [0.3, 0.4) is 0 Å². The topological polar surface area (TPSA) is 75.4 Å². The molecule has 3 N–H and O–H groups in total. The fraction of sp³-hybridized carbons (Fsp3) is 0.867. The summed E-state index contributed by atoms with van der Waals surface area (Å²) in [6.45, 7) is 8.12. The molecule has 1 rings (SSSR count). The number of nitrogens with one attached hydrogen (secondary N) is 1. The van der Waals surface area contributed by atoms with E-state index in [1.54, 1.807) is 0 Å². The number of carbonyl (C=O) groups excluding carboxylic acids is 2. The van der Waals surface area contributed by atoms with Crippen molar-refractivity contribution in [2.75, 3.05) is 19.6 Å². The molecule has 20 heavy (non-hydrogen) atoms. The van der Waals surface area contributed by atoms with Gasteiger partial charge in [-0.05, 0) is 25.2 Å². The van der Waals surface area contributed by atoms with Crippen LogP contribution >= 0.6 is 0 Å². The summed E-state index contributed by atoms with van der Waals surface area (Å²) >= 11 is 0. The lowest BCUT2D eigenvalue weighted by Crippen LogP contribution is -2.50. The van der Waals surface area contributed by atoms with E-state index >= 15 is 0 Å². The van der Waals surface area contributed by atoms with Gasteiger partial charge >= 0.3 is 0 Å². The highest BCUT2D eigenvalue weighted by molar-refractivity contribution is 5.83. The van der Waals surface area contributed by atoms with Crippen LogP contribution in [-0.4, -0.2) is 42.4 Å². The van der Waals surface area contributed by atoms with Gasteiger partial charge in [0.25, 0.3) is 0 Å². The summed E-state index contributed by atoms with van der Waals surface area (Å²) in [5.41, 5.74) is 5.99. The lowest BCUT2D eigenvalue weighted by atomic mass is 9.93. The Morgan fingerprint density at radius 2 is 1.90 bits per heavy atom. The van der Waals surface area contributed by atoms with Gasteiger partial charge in [0.1, 0.15) is 0 Å². The largest absolute Gasteiger partial charge is 0.356 e. The molecule has 1 heterocycles. The molecule has 0 bridgehead atoms. The fourth-order valence-electron chi connectivity index (χ4n) is 2.46. The van der Waals surface area contributed by atoms with Gasteiger partial charge in [-0.15, -0.1) is 0 Å². The molecule has 1 saturated heterocycles. The molecule has 0 spiro atoms. The average Bonchev–Trinajstić information content (AvgIpc) is 2.50. The number of nitrogens with two attached hydrogens (primary N) is 1. The van der Waals surface area contributed by atoms with Gasteiger partial charge in [-0.3, -0.25) is 9.59 Å². The first-order chi connectivity index (χ1) is 9.51. The van der Waals surface area contributed by atoms with E-state index in [9.17, 15) is 9.59 Å². The molecule has 0 aromatic carbocycles. The average molecular weight is 283 g/mol. The van der Waals surface area contributed by atoms with Crippen LogP contribution in [0, 0.1) is 11.8 Å². The number of amides is 2. The summed E-state index contributed by atoms with van der Waals surface area (Å²) in [5.74, 6) is 0.412. The van der Waals surface area contributed by atoms with Crippen molar-refractivity contribution < 1.29 is 9.59 Å². The van der Waals surface area contributed by atoms with Crippen molar-refractivity contribution in [3.8, 4) is 0 Å². The van der Waals surface area contributed by atoms with E-state index in [-0.39, 0.29) is 23.7 Å². The smallest absolute Gasteiger partial charge is 0.239 e. The van der Waals surface area contributed by atoms with Gasteiger partial charge in [-0.2, -0.15) is 0 Å². The Labute approximate surface area is 122 Å². The standard InChI is InChI=1S/C15H29N3O2/c1-4-8-17-14(19)12-6-9-18(10-7-12)15(20)13(16)11(3)5-2/h11-13H,4-10,16H2,1-3H3,(H,17,19). The molecular formula is C15H29N3O2. The van der Waals surface area contributed by atoms with Crippen LogP contribution in [-0.2, 0) is 9.59 Å². The highest BCUT2D eigenvalue weighted by Gasteiger charge is 2.30. The predicted molar refractivity (Wildman–Crippen MR) is 80.0 cm³/mol. The van der Waals surface area contributed by atoms with Crippen molar-refractivity contribution in [1.82, 2.24) is 10.2 Å². The first-order valence-electron chi connectivity index (χ1n) is 7.83. The van der Waals surface area contributed by atoms with Crippen molar-refractivity contribution in [3.63, 3.8) is 0 Å². The van der Waals surface area contributed by atoms with E-state index in [0.717, 1.165) is 32.2 Å². The molecule has 1 aliphatic rings. The van der Waals surface area contributed by atoms with Crippen LogP contribution in [0.15, 0.2) is 0 Å². The monoisotopic (exact) mass is 283 g/mol. The number of likely N-dealkylation sites (tertiary alicyclic amines) is 1. The second-order valence-corrected chi connectivity index (χ2v) is 5.80. The van der Waals surface area contributed by atoms with Gasteiger partial charge in [0.2, 0.25) is 11.8 Å². The molecular weight excluding hydrogens is 254 g/mol. The summed E-state index contributed by atoms with van der Waals surface area (Å²) in [7, 11) is 0. The molecule has 0 saturated carbocycles. The van der Waals surface area contributed by atoms with Gasteiger partial charge in [-0.25, -0.2) is 0 Å². The Bertz CT molecular complexity index is 325. The van der Waals surface area contributed by atoms with Crippen LogP contribution in [0.2, 0.25) is 0 Å². The minimum atomic E-state index is -0.412. The van der Waals surface area contributed by atoms with Gasteiger partial charge in [-0.1, -0.05) is 27.2 Å². The van der Waals surface area contributed by atoms with Crippen molar-refractivity contribution >= 4 is 11.8 Å². The quantitative estimate of drug-likeness (QED) is 0.767. The molecule has 0 aliphatic carbocycles. The zero-order valence-corrected chi connectivity index (χ0v) is 13.0. The third-order valence-corrected chi connectivity index (χ3v) is 4.27. The summed E-state index contributed by atoms with van der Waals surface area (Å²) in [4.78, 5) is 25.9. The molecule has 0 radical (unpaired) electrons.